The highest BCUT2D eigenvalue weighted by atomic mass is 32.2. The molecule has 0 amide bonds. The van der Waals surface area contributed by atoms with E-state index in [0.29, 0.717) is 28.4 Å². The molecule has 10 heteroatoms. The van der Waals surface area contributed by atoms with Crippen molar-refractivity contribution in [1.82, 2.24) is 20.0 Å². The zero-order valence-electron chi connectivity index (χ0n) is 20.0. The van der Waals surface area contributed by atoms with E-state index in [9.17, 15) is 9.32 Å². The maximum atomic E-state index is 11.7. The van der Waals surface area contributed by atoms with Gasteiger partial charge in [0.2, 0.25) is 0 Å². The number of aromatic nitrogens is 4. The van der Waals surface area contributed by atoms with Crippen molar-refractivity contribution in [3.8, 4) is 17.1 Å². The van der Waals surface area contributed by atoms with E-state index in [1.807, 2.05) is 30.5 Å². The summed E-state index contributed by atoms with van der Waals surface area (Å²) >= 11 is 0. The number of rotatable bonds is 7. The molecule has 2 unspecified atom stereocenters. The Morgan fingerprint density at radius 3 is 2.63 bits per heavy atom. The highest BCUT2D eigenvalue weighted by Gasteiger charge is 2.44. The summed E-state index contributed by atoms with van der Waals surface area (Å²) in [5.41, 5.74) is 1.98. The van der Waals surface area contributed by atoms with Crippen molar-refractivity contribution in [2.24, 2.45) is 11.3 Å². The van der Waals surface area contributed by atoms with Gasteiger partial charge >= 0.3 is 0 Å². The molecule has 186 valence electrons. The van der Waals surface area contributed by atoms with Crippen LogP contribution in [0.15, 0.2) is 34.9 Å². The standard InChI is InChI=1S/C25H32N6O3S/c1-35(33)28-22-9-6-19(24(26-22)30-14-12-25(10-11-25)13-15-30)31-16-18(27-29-31)20-7-8-21(34-20)23(32)17-4-2-3-5-17/h6-9,16-17,23,32H,2-5,10-15H2,1H3,(H,26,28). The van der Waals surface area contributed by atoms with Crippen LogP contribution in [0.2, 0.25) is 0 Å². The third kappa shape index (κ3) is 4.61. The smallest absolute Gasteiger partial charge is 0.157 e. The van der Waals surface area contributed by atoms with Crippen LogP contribution in [0.5, 0.6) is 0 Å². The number of aliphatic hydroxyl groups is 1. The molecular weight excluding hydrogens is 464 g/mol. The number of pyridine rings is 1. The molecule has 1 saturated heterocycles. The zero-order chi connectivity index (χ0) is 24.0. The van der Waals surface area contributed by atoms with Gasteiger partial charge in [-0.05, 0) is 74.1 Å². The molecule has 3 fully saturated rings. The minimum Gasteiger partial charge on any atom is -0.457 e. The predicted molar refractivity (Wildman–Crippen MR) is 135 cm³/mol. The normalized spacial score (nSPS) is 21.4. The molecule has 0 aromatic carbocycles. The molecule has 1 spiro atoms. The quantitative estimate of drug-likeness (QED) is 0.504. The molecule has 0 bridgehead atoms. The summed E-state index contributed by atoms with van der Waals surface area (Å²) in [5, 5.41) is 19.4. The van der Waals surface area contributed by atoms with Gasteiger partial charge in [0.05, 0.1) is 6.20 Å². The Bertz CT molecular complexity index is 1220. The fraction of sp³-hybridized carbons (Fsp3) is 0.560. The van der Waals surface area contributed by atoms with Crippen molar-refractivity contribution in [1.29, 1.82) is 0 Å². The van der Waals surface area contributed by atoms with Crippen molar-refractivity contribution < 1.29 is 13.7 Å². The van der Waals surface area contributed by atoms with Crippen LogP contribution in [-0.2, 0) is 11.0 Å². The average Bonchev–Trinajstić information content (AvgIpc) is 3.35. The van der Waals surface area contributed by atoms with Crippen LogP contribution in [0.25, 0.3) is 17.1 Å². The monoisotopic (exact) mass is 496 g/mol. The third-order valence-corrected chi connectivity index (χ3v) is 8.44. The van der Waals surface area contributed by atoms with E-state index in [2.05, 4.69) is 19.9 Å². The predicted octanol–water partition coefficient (Wildman–Crippen LogP) is 4.23. The molecule has 2 N–H and O–H groups in total. The van der Waals surface area contributed by atoms with Crippen molar-refractivity contribution in [3.63, 3.8) is 0 Å². The molecule has 4 heterocycles. The molecule has 6 rings (SSSR count). The first kappa shape index (κ1) is 22.7. The molecule has 2 atom stereocenters. The largest absolute Gasteiger partial charge is 0.457 e. The van der Waals surface area contributed by atoms with Gasteiger partial charge < -0.3 is 14.4 Å². The Kier molecular flexibility index (Phi) is 5.88. The number of furan rings is 1. The van der Waals surface area contributed by atoms with E-state index < -0.39 is 17.1 Å². The first-order valence-corrected chi connectivity index (χ1v) is 14.1. The van der Waals surface area contributed by atoms with Crippen LogP contribution in [-0.4, -0.2) is 48.6 Å². The van der Waals surface area contributed by atoms with E-state index in [1.54, 1.807) is 10.9 Å². The average molecular weight is 497 g/mol. The van der Waals surface area contributed by atoms with Gasteiger partial charge in [-0.3, -0.25) is 4.72 Å². The molecule has 9 nitrogen and oxygen atoms in total. The number of anilines is 2. The lowest BCUT2D eigenvalue weighted by molar-refractivity contribution is 0.0894. The number of nitrogens with one attached hydrogen (secondary N) is 1. The van der Waals surface area contributed by atoms with Gasteiger partial charge in [0.15, 0.2) is 11.6 Å². The molecular formula is C25H32N6O3S. The minimum atomic E-state index is -1.21. The SMILES string of the molecule is CS(=O)Nc1ccc(-n2cc(-c3ccc(C(O)C4CCCC4)o3)nn2)c(N2CCC3(CC2)CC3)n1. The van der Waals surface area contributed by atoms with Gasteiger partial charge in [-0.2, -0.15) is 0 Å². The van der Waals surface area contributed by atoms with Gasteiger partial charge in [0.25, 0.3) is 0 Å². The zero-order valence-corrected chi connectivity index (χ0v) is 20.8. The summed E-state index contributed by atoms with van der Waals surface area (Å²) in [6.07, 6.45) is 12.3. The van der Waals surface area contributed by atoms with E-state index in [0.717, 1.165) is 37.4 Å². The first-order chi connectivity index (χ1) is 17.0. The van der Waals surface area contributed by atoms with Crippen LogP contribution in [0.4, 0.5) is 11.6 Å². The van der Waals surface area contributed by atoms with Gasteiger partial charge in [0, 0.05) is 19.3 Å². The maximum Gasteiger partial charge on any atom is 0.157 e. The van der Waals surface area contributed by atoms with E-state index in [-0.39, 0.29) is 5.92 Å². The van der Waals surface area contributed by atoms with E-state index >= 15 is 0 Å². The second kappa shape index (κ2) is 9.05. The summed E-state index contributed by atoms with van der Waals surface area (Å²) in [4.78, 5) is 7.11. The van der Waals surface area contributed by atoms with Crippen molar-refractivity contribution in [2.75, 3.05) is 29.0 Å². The lowest BCUT2D eigenvalue weighted by Crippen LogP contribution is -2.35. The Hall–Kier alpha value is -2.72. The number of hydrogen-bond donors (Lipinski definition) is 2. The molecule has 0 radical (unpaired) electrons. The van der Waals surface area contributed by atoms with Crippen LogP contribution >= 0.6 is 0 Å². The maximum absolute atomic E-state index is 11.7. The summed E-state index contributed by atoms with van der Waals surface area (Å²) < 4.78 is 22.4. The summed E-state index contributed by atoms with van der Waals surface area (Å²) in [5.74, 6) is 2.83. The Balaban J connectivity index is 1.27. The number of nitrogens with zero attached hydrogens (tertiary/aromatic N) is 5. The fourth-order valence-electron chi connectivity index (χ4n) is 5.58. The van der Waals surface area contributed by atoms with Crippen LogP contribution < -0.4 is 9.62 Å². The first-order valence-electron chi connectivity index (χ1n) is 12.6. The van der Waals surface area contributed by atoms with Crippen molar-refractivity contribution >= 4 is 22.6 Å². The van der Waals surface area contributed by atoms with Crippen molar-refractivity contribution in [3.05, 3.63) is 36.2 Å². The molecule has 3 aromatic rings. The molecule has 2 aliphatic carbocycles. The lowest BCUT2D eigenvalue weighted by atomic mass is 9.94. The van der Waals surface area contributed by atoms with Crippen LogP contribution in [0.3, 0.4) is 0 Å². The Labute approximate surface area is 207 Å². The lowest BCUT2D eigenvalue weighted by Gasteiger charge is -2.34. The number of aliphatic hydroxyl groups excluding tert-OH is 1. The summed E-state index contributed by atoms with van der Waals surface area (Å²) in [6, 6.07) is 7.45. The number of piperidine rings is 1. The molecule has 35 heavy (non-hydrogen) atoms. The second-order valence-corrected chi connectivity index (χ2v) is 11.4. The summed E-state index contributed by atoms with van der Waals surface area (Å²) in [7, 11) is -1.21. The topological polar surface area (TPSA) is 109 Å². The van der Waals surface area contributed by atoms with Gasteiger partial charge in [-0.1, -0.05) is 18.1 Å². The Morgan fingerprint density at radius 2 is 1.91 bits per heavy atom. The second-order valence-electron chi connectivity index (χ2n) is 10.3. The van der Waals surface area contributed by atoms with Gasteiger partial charge in [0.1, 0.15) is 40.0 Å². The highest BCUT2D eigenvalue weighted by molar-refractivity contribution is 7.85. The van der Waals surface area contributed by atoms with Gasteiger partial charge in [-0.15, -0.1) is 5.10 Å². The molecule has 3 aliphatic rings. The van der Waals surface area contributed by atoms with Gasteiger partial charge in [-0.25, -0.2) is 13.9 Å². The minimum absolute atomic E-state index is 0.266. The van der Waals surface area contributed by atoms with E-state index in [1.165, 1.54) is 38.5 Å². The summed E-state index contributed by atoms with van der Waals surface area (Å²) in [6.45, 7) is 1.89. The third-order valence-electron chi connectivity index (χ3n) is 7.94. The highest BCUT2D eigenvalue weighted by Crippen LogP contribution is 2.54. The van der Waals surface area contributed by atoms with Crippen LogP contribution in [0.1, 0.15) is 63.2 Å². The number of hydrogen-bond acceptors (Lipinski definition) is 7. The molecule has 3 aromatic heterocycles. The molecule has 2 saturated carbocycles. The van der Waals surface area contributed by atoms with E-state index in [4.69, 9.17) is 9.40 Å². The fourth-order valence-corrected chi connectivity index (χ4v) is 5.98. The molecule has 1 aliphatic heterocycles. The van der Waals surface area contributed by atoms with Crippen molar-refractivity contribution in [2.45, 2.75) is 57.5 Å². The van der Waals surface area contributed by atoms with Crippen LogP contribution in [0, 0.1) is 11.3 Å². The Morgan fingerprint density at radius 1 is 1.14 bits per heavy atom.